The third kappa shape index (κ3) is 49.9. The number of unbranched alkanes of at least 4 members (excludes halogenated alkanes) is 25. The van der Waals surface area contributed by atoms with Gasteiger partial charge >= 0.3 is 17.9 Å². The van der Waals surface area contributed by atoms with Crippen LogP contribution in [0.3, 0.4) is 0 Å². The zero-order chi connectivity index (χ0) is 46.5. The van der Waals surface area contributed by atoms with Gasteiger partial charge in [-0.25, -0.2) is 0 Å². The number of carbonyl (C=O) groups excluding carboxylic acids is 3. The largest absolute Gasteiger partial charge is 0.462 e. The van der Waals surface area contributed by atoms with Crippen LogP contribution in [0.4, 0.5) is 0 Å². The Morgan fingerprint density at radius 2 is 0.562 bits per heavy atom. The first-order valence-corrected chi connectivity index (χ1v) is 26.9. The van der Waals surface area contributed by atoms with E-state index in [4.69, 9.17) is 14.2 Å². The third-order valence-corrected chi connectivity index (χ3v) is 11.4. The molecule has 0 rings (SSSR count). The molecule has 0 fully saturated rings. The highest BCUT2D eigenvalue weighted by Gasteiger charge is 2.19. The standard InChI is InChI=1S/C58H100O6/c1-4-7-10-13-16-19-22-25-27-28-29-30-32-33-36-39-42-45-48-51-57(60)63-54-55(53-62-56(59)50-47-44-41-38-35-24-21-18-15-12-9-6-3)64-58(61)52-49-46-43-40-37-34-31-26-23-20-17-14-11-8-5-2/h16-21,25-27,29-31,55H,4-15,22-24,28,32-54H2,1-3H3/b19-16-,20-17-,21-18-,27-25-,30-29-,31-26-. The summed E-state index contributed by atoms with van der Waals surface area (Å²) in [7, 11) is 0. The average Bonchev–Trinajstić information content (AvgIpc) is 3.29. The van der Waals surface area contributed by atoms with E-state index in [1.54, 1.807) is 0 Å². The summed E-state index contributed by atoms with van der Waals surface area (Å²) < 4.78 is 16.8. The lowest BCUT2D eigenvalue weighted by atomic mass is 10.1. The monoisotopic (exact) mass is 893 g/mol. The molecule has 0 aliphatic rings. The highest BCUT2D eigenvalue weighted by atomic mass is 16.6. The zero-order valence-electron chi connectivity index (χ0n) is 42.0. The fourth-order valence-electron chi connectivity index (χ4n) is 7.30. The summed E-state index contributed by atoms with van der Waals surface area (Å²) in [6, 6.07) is 0. The Morgan fingerprint density at radius 3 is 0.891 bits per heavy atom. The van der Waals surface area contributed by atoms with Crippen LogP contribution in [0.15, 0.2) is 72.9 Å². The molecule has 0 heterocycles. The van der Waals surface area contributed by atoms with Crippen LogP contribution < -0.4 is 0 Å². The van der Waals surface area contributed by atoms with Crippen LogP contribution in [0, 0.1) is 0 Å². The minimum absolute atomic E-state index is 0.0899. The van der Waals surface area contributed by atoms with Gasteiger partial charge in [0, 0.05) is 19.3 Å². The first-order chi connectivity index (χ1) is 31.5. The number of ether oxygens (including phenoxy) is 3. The van der Waals surface area contributed by atoms with Crippen LogP contribution in [-0.4, -0.2) is 37.2 Å². The van der Waals surface area contributed by atoms with Crippen molar-refractivity contribution in [2.75, 3.05) is 13.2 Å². The minimum Gasteiger partial charge on any atom is -0.462 e. The molecule has 0 aliphatic carbocycles. The number of esters is 3. The molecule has 0 saturated heterocycles. The third-order valence-electron chi connectivity index (χ3n) is 11.4. The molecule has 0 N–H and O–H groups in total. The Kier molecular flexibility index (Phi) is 49.9. The summed E-state index contributed by atoms with van der Waals surface area (Å²) in [5.41, 5.74) is 0. The van der Waals surface area contributed by atoms with E-state index >= 15 is 0 Å². The topological polar surface area (TPSA) is 78.9 Å². The maximum atomic E-state index is 12.8. The van der Waals surface area contributed by atoms with Gasteiger partial charge in [-0.1, -0.05) is 196 Å². The lowest BCUT2D eigenvalue weighted by Crippen LogP contribution is -2.30. The van der Waals surface area contributed by atoms with Crippen molar-refractivity contribution in [3.63, 3.8) is 0 Å². The summed E-state index contributed by atoms with van der Waals surface area (Å²) in [6.07, 6.45) is 65.9. The maximum absolute atomic E-state index is 12.8. The van der Waals surface area contributed by atoms with Crippen molar-refractivity contribution in [3.05, 3.63) is 72.9 Å². The molecule has 0 bridgehead atoms. The normalized spacial score (nSPS) is 12.6. The molecule has 6 heteroatoms. The Labute approximate surface area is 395 Å². The number of allylic oxidation sites excluding steroid dienone is 12. The van der Waals surface area contributed by atoms with Crippen molar-refractivity contribution in [3.8, 4) is 0 Å². The molecule has 6 nitrogen and oxygen atoms in total. The Bertz CT molecular complexity index is 1210. The molecular formula is C58H100O6. The van der Waals surface area contributed by atoms with Gasteiger partial charge in [-0.15, -0.1) is 0 Å². The smallest absolute Gasteiger partial charge is 0.306 e. The van der Waals surface area contributed by atoms with E-state index < -0.39 is 6.10 Å². The van der Waals surface area contributed by atoms with Crippen LogP contribution in [0.25, 0.3) is 0 Å². The van der Waals surface area contributed by atoms with Gasteiger partial charge < -0.3 is 14.2 Å². The Hall–Kier alpha value is -3.15. The lowest BCUT2D eigenvalue weighted by Gasteiger charge is -2.18. The molecule has 0 saturated carbocycles. The molecular weight excluding hydrogens is 793 g/mol. The summed E-state index contributed by atoms with van der Waals surface area (Å²) in [4.78, 5) is 38.0. The molecule has 1 unspecified atom stereocenters. The molecule has 0 aromatic rings. The van der Waals surface area contributed by atoms with Crippen molar-refractivity contribution in [2.24, 2.45) is 0 Å². The van der Waals surface area contributed by atoms with E-state index in [2.05, 4.69) is 93.7 Å². The Balaban J connectivity index is 4.41. The molecule has 0 radical (unpaired) electrons. The summed E-state index contributed by atoms with van der Waals surface area (Å²) in [5, 5.41) is 0. The molecule has 0 aliphatic heterocycles. The van der Waals surface area contributed by atoms with E-state index in [1.807, 2.05) is 0 Å². The second kappa shape index (κ2) is 52.5. The van der Waals surface area contributed by atoms with Gasteiger partial charge in [0.1, 0.15) is 13.2 Å². The minimum atomic E-state index is -0.791. The van der Waals surface area contributed by atoms with Crippen molar-refractivity contribution in [2.45, 2.75) is 264 Å². The number of hydrogen-bond acceptors (Lipinski definition) is 6. The van der Waals surface area contributed by atoms with Crippen molar-refractivity contribution in [1.82, 2.24) is 0 Å². The average molecular weight is 893 g/mol. The van der Waals surface area contributed by atoms with Crippen LogP contribution in [0.1, 0.15) is 258 Å². The molecule has 0 aromatic carbocycles. The highest BCUT2D eigenvalue weighted by molar-refractivity contribution is 5.71. The zero-order valence-corrected chi connectivity index (χ0v) is 42.0. The highest BCUT2D eigenvalue weighted by Crippen LogP contribution is 2.14. The van der Waals surface area contributed by atoms with Gasteiger partial charge in [0.2, 0.25) is 0 Å². The quantitative estimate of drug-likeness (QED) is 0.0262. The van der Waals surface area contributed by atoms with E-state index in [9.17, 15) is 14.4 Å². The van der Waals surface area contributed by atoms with Crippen molar-refractivity contribution < 1.29 is 28.6 Å². The molecule has 1 atom stereocenters. The van der Waals surface area contributed by atoms with E-state index in [1.165, 1.54) is 109 Å². The van der Waals surface area contributed by atoms with Crippen LogP contribution >= 0.6 is 0 Å². The van der Waals surface area contributed by atoms with Gasteiger partial charge in [0.05, 0.1) is 0 Å². The fourth-order valence-corrected chi connectivity index (χ4v) is 7.30. The predicted octanol–water partition coefficient (Wildman–Crippen LogP) is 17.8. The van der Waals surface area contributed by atoms with Crippen LogP contribution in [-0.2, 0) is 28.6 Å². The summed E-state index contributed by atoms with van der Waals surface area (Å²) >= 11 is 0. The maximum Gasteiger partial charge on any atom is 0.306 e. The Morgan fingerprint density at radius 1 is 0.312 bits per heavy atom. The van der Waals surface area contributed by atoms with Gasteiger partial charge in [-0.05, 0) is 116 Å². The van der Waals surface area contributed by atoms with E-state index in [-0.39, 0.29) is 31.1 Å². The van der Waals surface area contributed by atoms with Gasteiger partial charge in [-0.3, -0.25) is 14.4 Å². The molecule has 0 spiro atoms. The SMILES string of the molecule is CCCCC/C=C\C/C=C\C/C=C\CCCCCCCCC(=O)OCC(COC(=O)CCCCCCC/C=C\CCCCC)OC(=O)CCCCCCC/C=C\C/C=C\CCCCC. The summed E-state index contributed by atoms with van der Waals surface area (Å²) in [5.74, 6) is -0.922. The fraction of sp³-hybridized carbons (Fsp3) is 0.741. The van der Waals surface area contributed by atoms with Crippen molar-refractivity contribution in [1.29, 1.82) is 0 Å². The molecule has 368 valence electrons. The second-order valence-corrected chi connectivity index (χ2v) is 17.8. The first-order valence-electron chi connectivity index (χ1n) is 26.9. The first kappa shape index (κ1) is 60.9. The predicted molar refractivity (Wildman–Crippen MR) is 274 cm³/mol. The number of carbonyl (C=O) groups is 3. The van der Waals surface area contributed by atoms with Gasteiger partial charge in [-0.2, -0.15) is 0 Å². The summed E-state index contributed by atoms with van der Waals surface area (Å²) in [6.45, 7) is 6.53. The van der Waals surface area contributed by atoms with Crippen molar-refractivity contribution >= 4 is 17.9 Å². The molecule has 64 heavy (non-hydrogen) atoms. The van der Waals surface area contributed by atoms with E-state index in [0.29, 0.717) is 19.3 Å². The second-order valence-electron chi connectivity index (χ2n) is 17.8. The molecule has 0 amide bonds. The van der Waals surface area contributed by atoms with E-state index in [0.717, 1.165) is 109 Å². The number of rotatable bonds is 48. The van der Waals surface area contributed by atoms with Crippen LogP contribution in [0.2, 0.25) is 0 Å². The lowest BCUT2D eigenvalue weighted by molar-refractivity contribution is -0.167. The molecule has 0 aromatic heterocycles. The van der Waals surface area contributed by atoms with Crippen LogP contribution in [0.5, 0.6) is 0 Å². The van der Waals surface area contributed by atoms with Gasteiger partial charge in [0.15, 0.2) is 6.10 Å². The van der Waals surface area contributed by atoms with Gasteiger partial charge in [0.25, 0.3) is 0 Å². The number of hydrogen-bond donors (Lipinski definition) is 0.